The van der Waals surface area contributed by atoms with Crippen molar-refractivity contribution >= 4 is 44.8 Å². The quantitative estimate of drug-likeness (QED) is 0.892. The van der Waals surface area contributed by atoms with Crippen LogP contribution in [0.4, 0.5) is 5.69 Å². The maximum absolute atomic E-state index is 12.2. The molecule has 0 spiro atoms. The van der Waals surface area contributed by atoms with Crippen LogP contribution in [0.15, 0.2) is 47.4 Å². The van der Waals surface area contributed by atoms with Gasteiger partial charge in [-0.15, -0.1) is 0 Å². The number of hydrogen-bond donors (Lipinski definition) is 1. The maximum Gasteiger partial charge on any atom is 0.255 e. The van der Waals surface area contributed by atoms with Gasteiger partial charge in [0.05, 0.1) is 14.9 Å². The van der Waals surface area contributed by atoms with E-state index in [1.54, 1.807) is 12.1 Å². The summed E-state index contributed by atoms with van der Waals surface area (Å²) in [7, 11) is -0.687. The number of halogens is 2. The summed E-state index contributed by atoms with van der Waals surface area (Å²) in [6, 6.07) is 10.5. The molecule has 0 bridgehead atoms. The molecule has 2 aromatic rings. The van der Waals surface area contributed by atoms with Gasteiger partial charge in [0.15, 0.2) is 0 Å². The molecule has 2 rings (SSSR count). The standard InChI is InChI=1S/C15H14Cl2N2O3S/c1-19(2)23(21,22)12-5-3-4-11(9-12)18-15(20)10-6-7-13(16)14(17)8-10/h3-9H,1-2H3,(H,18,20). The van der Waals surface area contributed by atoms with Crippen LogP contribution in [0.2, 0.25) is 10.0 Å². The number of hydrogen-bond acceptors (Lipinski definition) is 3. The zero-order valence-electron chi connectivity index (χ0n) is 12.4. The molecule has 0 unspecified atom stereocenters. The normalized spacial score (nSPS) is 11.5. The second kappa shape index (κ2) is 6.88. The fraction of sp³-hybridized carbons (Fsp3) is 0.133. The van der Waals surface area contributed by atoms with Crippen LogP contribution in [0.3, 0.4) is 0 Å². The van der Waals surface area contributed by atoms with Crippen molar-refractivity contribution in [2.45, 2.75) is 4.90 Å². The molecule has 23 heavy (non-hydrogen) atoms. The number of carbonyl (C=O) groups excluding carboxylic acids is 1. The highest BCUT2D eigenvalue weighted by atomic mass is 35.5. The van der Waals surface area contributed by atoms with Crippen LogP contribution >= 0.6 is 23.2 Å². The number of nitrogens with one attached hydrogen (secondary N) is 1. The molecule has 0 atom stereocenters. The summed E-state index contributed by atoms with van der Waals surface area (Å²) in [6.07, 6.45) is 0. The van der Waals surface area contributed by atoms with E-state index in [9.17, 15) is 13.2 Å². The molecule has 2 aromatic carbocycles. The Balaban J connectivity index is 2.27. The highest BCUT2D eigenvalue weighted by molar-refractivity contribution is 7.89. The first kappa shape index (κ1) is 17.7. The summed E-state index contributed by atoms with van der Waals surface area (Å²) in [5.41, 5.74) is 0.685. The van der Waals surface area contributed by atoms with Crippen LogP contribution < -0.4 is 5.32 Å². The Morgan fingerprint density at radius 2 is 1.74 bits per heavy atom. The predicted molar refractivity (Wildman–Crippen MR) is 91.7 cm³/mol. The van der Waals surface area contributed by atoms with E-state index in [0.717, 1.165) is 4.31 Å². The molecule has 0 aliphatic heterocycles. The first-order valence-electron chi connectivity index (χ1n) is 6.51. The Morgan fingerprint density at radius 1 is 1.04 bits per heavy atom. The Hall–Kier alpha value is -1.60. The molecule has 0 radical (unpaired) electrons. The second-order valence-electron chi connectivity index (χ2n) is 4.90. The summed E-state index contributed by atoms with van der Waals surface area (Å²) >= 11 is 11.7. The zero-order valence-corrected chi connectivity index (χ0v) is 14.7. The third-order valence-corrected chi connectivity index (χ3v) is 5.60. The number of rotatable bonds is 4. The van der Waals surface area contributed by atoms with Gasteiger partial charge in [-0.25, -0.2) is 12.7 Å². The van der Waals surface area contributed by atoms with Gasteiger partial charge in [0, 0.05) is 25.3 Å². The minimum absolute atomic E-state index is 0.0921. The summed E-state index contributed by atoms with van der Waals surface area (Å²) < 4.78 is 25.3. The number of nitrogens with zero attached hydrogens (tertiary/aromatic N) is 1. The van der Waals surface area contributed by atoms with E-state index in [0.29, 0.717) is 16.3 Å². The maximum atomic E-state index is 12.2. The fourth-order valence-corrected chi connectivity index (χ4v) is 3.03. The number of carbonyl (C=O) groups is 1. The number of anilines is 1. The summed E-state index contributed by atoms with van der Waals surface area (Å²) in [6.45, 7) is 0. The van der Waals surface area contributed by atoms with Gasteiger partial charge < -0.3 is 5.32 Å². The molecule has 0 heterocycles. The van der Waals surface area contributed by atoms with E-state index in [1.165, 1.54) is 44.4 Å². The highest BCUT2D eigenvalue weighted by Gasteiger charge is 2.18. The topological polar surface area (TPSA) is 66.5 Å². The Bertz CT molecular complexity index is 852. The molecular weight excluding hydrogens is 359 g/mol. The molecule has 8 heteroatoms. The lowest BCUT2D eigenvalue weighted by Crippen LogP contribution is -2.22. The van der Waals surface area contributed by atoms with Crippen LogP contribution in [0.1, 0.15) is 10.4 Å². The smallest absolute Gasteiger partial charge is 0.255 e. The van der Waals surface area contributed by atoms with E-state index in [1.807, 2.05) is 0 Å². The Morgan fingerprint density at radius 3 is 2.35 bits per heavy atom. The highest BCUT2D eigenvalue weighted by Crippen LogP contribution is 2.23. The SMILES string of the molecule is CN(C)S(=O)(=O)c1cccc(NC(=O)c2ccc(Cl)c(Cl)c2)c1. The van der Waals surface area contributed by atoms with Gasteiger partial charge >= 0.3 is 0 Å². The first-order chi connectivity index (χ1) is 10.7. The fourth-order valence-electron chi connectivity index (χ4n) is 1.79. The largest absolute Gasteiger partial charge is 0.322 e. The molecule has 1 amide bonds. The second-order valence-corrected chi connectivity index (χ2v) is 7.86. The van der Waals surface area contributed by atoms with Crippen LogP contribution in [-0.4, -0.2) is 32.7 Å². The van der Waals surface area contributed by atoms with Gasteiger partial charge in [-0.05, 0) is 36.4 Å². The summed E-state index contributed by atoms with van der Waals surface area (Å²) in [5, 5.41) is 3.25. The van der Waals surface area contributed by atoms with Gasteiger partial charge in [0.1, 0.15) is 0 Å². The van der Waals surface area contributed by atoms with Crippen molar-refractivity contribution in [3.63, 3.8) is 0 Å². The first-order valence-corrected chi connectivity index (χ1v) is 8.70. The minimum atomic E-state index is -3.57. The predicted octanol–water partition coefficient (Wildman–Crippen LogP) is 3.50. The van der Waals surface area contributed by atoms with Crippen molar-refractivity contribution in [3.05, 3.63) is 58.1 Å². The van der Waals surface area contributed by atoms with Gasteiger partial charge in [-0.1, -0.05) is 29.3 Å². The summed E-state index contributed by atoms with van der Waals surface area (Å²) in [5.74, 6) is -0.414. The van der Waals surface area contributed by atoms with E-state index in [2.05, 4.69) is 5.32 Å². The van der Waals surface area contributed by atoms with Crippen LogP contribution in [0.5, 0.6) is 0 Å². The molecule has 1 N–H and O–H groups in total. The van der Waals surface area contributed by atoms with Crippen molar-refractivity contribution in [3.8, 4) is 0 Å². The Kier molecular flexibility index (Phi) is 5.31. The van der Waals surface area contributed by atoms with E-state index >= 15 is 0 Å². The average Bonchev–Trinajstić information content (AvgIpc) is 2.50. The molecule has 0 fully saturated rings. The van der Waals surface area contributed by atoms with Gasteiger partial charge in [0.25, 0.3) is 5.91 Å². The minimum Gasteiger partial charge on any atom is -0.322 e. The van der Waals surface area contributed by atoms with E-state index in [-0.39, 0.29) is 9.92 Å². The third kappa shape index (κ3) is 4.03. The van der Waals surface area contributed by atoms with E-state index < -0.39 is 15.9 Å². The van der Waals surface area contributed by atoms with Gasteiger partial charge in [-0.3, -0.25) is 4.79 Å². The lowest BCUT2D eigenvalue weighted by atomic mass is 10.2. The lowest BCUT2D eigenvalue weighted by Gasteiger charge is -2.12. The van der Waals surface area contributed by atoms with Crippen molar-refractivity contribution in [2.24, 2.45) is 0 Å². The van der Waals surface area contributed by atoms with Crippen LogP contribution in [0, 0.1) is 0 Å². The van der Waals surface area contributed by atoms with Gasteiger partial charge in [-0.2, -0.15) is 0 Å². The summed E-state index contributed by atoms with van der Waals surface area (Å²) in [4.78, 5) is 12.3. The average molecular weight is 373 g/mol. The monoisotopic (exact) mass is 372 g/mol. The Labute approximate surface area is 144 Å². The molecular formula is C15H14Cl2N2O3S. The molecule has 0 aliphatic carbocycles. The van der Waals surface area contributed by atoms with Crippen molar-refractivity contribution < 1.29 is 13.2 Å². The molecule has 0 aliphatic rings. The molecule has 122 valence electrons. The third-order valence-electron chi connectivity index (χ3n) is 3.05. The van der Waals surface area contributed by atoms with Crippen LogP contribution in [0.25, 0.3) is 0 Å². The van der Waals surface area contributed by atoms with Crippen molar-refractivity contribution in [1.82, 2.24) is 4.31 Å². The van der Waals surface area contributed by atoms with E-state index in [4.69, 9.17) is 23.2 Å². The molecule has 5 nitrogen and oxygen atoms in total. The molecule has 0 saturated heterocycles. The zero-order chi connectivity index (χ0) is 17.2. The van der Waals surface area contributed by atoms with Crippen molar-refractivity contribution in [2.75, 3.05) is 19.4 Å². The van der Waals surface area contributed by atoms with Crippen molar-refractivity contribution in [1.29, 1.82) is 0 Å². The number of sulfonamides is 1. The number of benzene rings is 2. The molecule has 0 saturated carbocycles. The number of amides is 1. The van der Waals surface area contributed by atoms with Crippen LogP contribution in [-0.2, 0) is 10.0 Å². The van der Waals surface area contributed by atoms with Gasteiger partial charge in [0.2, 0.25) is 10.0 Å². The molecule has 0 aromatic heterocycles. The lowest BCUT2D eigenvalue weighted by molar-refractivity contribution is 0.102.